The average Bonchev–Trinajstić information content (AvgIpc) is 2.40. The lowest BCUT2D eigenvalue weighted by Gasteiger charge is -2.18. The van der Waals surface area contributed by atoms with Crippen LogP contribution in [0.5, 0.6) is 5.75 Å². The molecule has 106 valence electrons. The smallest absolute Gasteiger partial charge is 0.138 e. The minimum atomic E-state index is 0.0376. The van der Waals surface area contributed by atoms with Gasteiger partial charge >= 0.3 is 0 Å². The zero-order chi connectivity index (χ0) is 14.5. The lowest BCUT2D eigenvalue weighted by Crippen LogP contribution is -2.23. The fourth-order valence-corrected chi connectivity index (χ4v) is 2.24. The molecule has 3 heteroatoms. The van der Waals surface area contributed by atoms with E-state index in [-0.39, 0.29) is 6.10 Å². The van der Waals surface area contributed by atoms with E-state index < -0.39 is 0 Å². The average molecular weight is 290 g/mol. The van der Waals surface area contributed by atoms with Gasteiger partial charge in [-0.05, 0) is 44.5 Å². The minimum absolute atomic E-state index is 0.0376. The van der Waals surface area contributed by atoms with Crippen LogP contribution in [0, 0.1) is 13.8 Å². The van der Waals surface area contributed by atoms with Crippen LogP contribution in [-0.2, 0) is 0 Å². The molecule has 2 rings (SSSR count). The fourth-order valence-electron chi connectivity index (χ4n) is 2.06. The Morgan fingerprint density at radius 2 is 1.90 bits per heavy atom. The van der Waals surface area contributed by atoms with E-state index in [0.29, 0.717) is 5.02 Å². The van der Waals surface area contributed by atoms with Crippen molar-refractivity contribution in [1.29, 1.82) is 0 Å². The number of aryl methyl sites for hydroxylation is 2. The molecule has 2 aromatic rings. The zero-order valence-corrected chi connectivity index (χ0v) is 12.9. The Labute approximate surface area is 125 Å². The maximum atomic E-state index is 6.08. The van der Waals surface area contributed by atoms with Gasteiger partial charge in [0.25, 0.3) is 0 Å². The number of benzene rings is 2. The van der Waals surface area contributed by atoms with Crippen molar-refractivity contribution in [2.24, 2.45) is 0 Å². The third kappa shape index (κ3) is 3.91. The molecule has 1 atom stereocenters. The van der Waals surface area contributed by atoms with Crippen LogP contribution in [0.15, 0.2) is 42.5 Å². The Hall–Kier alpha value is -1.67. The number of para-hydroxylation sites is 1. The summed E-state index contributed by atoms with van der Waals surface area (Å²) in [7, 11) is 0. The van der Waals surface area contributed by atoms with Crippen LogP contribution >= 0.6 is 11.6 Å². The lowest BCUT2D eigenvalue weighted by molar-refractivity contribution is 0.235. The molecule has 0 fully saturated rings. The Balaban J connectivity index is 1.92. The molecule has 0 aromatic heterocycles. The van der Waals surface area contributed by atoms with Crippen LogP contribution in [0.3, 0.4) is 0 Å². The monoisotopic (exact) mass is 289 g/mol. The van der Waals surface area contributed by atoms with E-state index in [9.17, 15) is 0 Å². The number of anilines is 1. The third-order valence-electron chi connectivity index (χ3n) is 3.13. The first-order valence-corrected chi connectivity index (χ1v) is 7.16. The summed E-state index contributed by atoms with van der Waals surface area (Å²) in [6, 6.07) is 13.9. The summed E-state index contributed by atoms with van der Waals surface area (Å²) in [5.41, 5.74) is 3.66. The normalized spacial score (nSPS) is 12.0. The summed E-state index contributed by atoms with van der Waals surface area (Å²) >= 11 is 6.08. The van der Waals surface area contributed by atoms with Crippen molar-refractivity contribution in [2.75, 3.05) is 11.9 Å². The first kappa shape index (κ1) is 14.7. The molecule has 0 unspecified atom stereocenters. The van der Waals surface area contributed by atoms with Gasteiger partial charge in [0, 0.05) is 5.69 Å². The highest BCUT2D eigenvalue weighted by molar-refractivity contribution is 6.32. The van der Waals surface area contributed by atoms with Gasteiger partial charge in [0.05, 0.1) is 11.6 Å². The standard InChI is InChI=1S/C17H20ClNO/c1-12-8-9-16(13(2)10-12)19-11-14(3)20-17-7-5-4-6-15(17)18/h4-10,14,19H,11H2,1-3H3/t14-/m1/s1. The van der Waals surface area contributed by atoms with Crippen LogP contribution in [0.4, 0.5) is 5.69 Å². The number of rotatable bonds is 5. The molecule has 0 spiro atoms. The Morgan fingerprint density at radius 3 is 2.60 bits per heavy atom. The molecule has 0 saturated carbocycles. The maximum absolute atomic E-state index is 6.08. The molecule has 0 aliphatic carbocycles. The molecule has 0 aliphatic rings. The van der Waals surface area contributed by atoms with Gasteiger partial charge in [-0.3, -0.25) is 0 Å². The molecule has 2 nitrogen and oxygen atoms in total. The number of hydrogen-bond donors (Lipinski definition) is 1. The Morgan fingerprint density at radius 1 is 1.15 bits per heavy atom. The van der Waals surface area contributed by atoms with E-state index in [1.165, 1.54) is 11.1 Å². The highest BCUT2D eigenvalue weighted by Crippen LogP contribution is 2.24. The van der Waals surface area contributed by atoms with Gasteiger partial charge in [-0.15, -0.1) is 0 Å². The molecule has 20 heavy (non-hydrogen) atoms. The molecule has 0 aliphatic heterocycles. The van der Waals surface area contributed by atoms with Crippen molar-refractivity contribution in [1.82, 2.24) is 0 Å². The van der Waals surface area contributed by atoms with Gasteiger partial charge in [0.15, 0.2) is 0 Å². The SMILES string of the molecule is Cc1ccc(NC[C@@H](C)Oc2ccccc2Cl)c(C)c1. The molecule has 1 N–H and O–H groups in total. The molecule has 2 aromatic carbocycles. The molecular formula is C17H20ClNO. The summed E-state index contributed by atoms with van der Waals surface area (Å²) in [4.78, 5) is 0. The Kier molecular flexibility index (Phi) is 4.91. The molecule has 0 bridgehead atoms. The second-order valence-corrected chi connectivity index (χ2v) is 5.47. The molecule has 0 saturated heterocycles. The number of ether oxygens (including phenoxy) is 1. The van der Waals surface area contributed by atoms with E-state index in [1.807, 2.05) is 31.2 Å². The number of nitrogens with one attached hydrogen (secondary N) is 1. The lowest BCUT2D eigenvalue weighted by atomic mass is 10.1. The summed E-state index contributed by atoms with van der Waals surface area (Å²) in [6.07, 6.45) is 0.0376. The summed E-state index contributed by atoms with van der Waals surface area (Å²) in [5, 5.41) is 4.06. The predicted octanol–water partition coefficient (Wildman–Crippen LogP) is 4.84. The van der Waals surface area contributed by atoms with Crippen molar-refractivity contribution in [3.05, 3.63) is 58.6 Å². The molecule has 0 heterocycles. The predicted molar refractivity (Wildman–Crippen MR) is 85.9 cm³/mol. The Bertz CT molecular complexity index is 583. The first-order valence-electron chi connectivity index (χ1n) is 6.78. The van der Waals surface area contributed by atoms with Gasteiger partial charge in [0.1, 0.15) is 11.9 Å². The van der Waals surface area contributed by atoms with E-state index in [0.717, 1.165) is 18.0 Å². The van der Waals surface area contributed by atoms with Crippen LogP contribution in [0.2, 0.25) is 5.02 Å². The van der Waals surface area contributed by atoms with Crippen molar-refractivity contribution in [3.8, 4) is 5.75 Å². The minimum Gasteiger partial charge on any atom is -0.487 e. The topological polar surface area (TPSA) is 21.3 Å². The highest BCUT2D eigenvalue weighted by Gasteiger charge is 2.07. The van der Waals surface area contributed by atoms with Crippen LogP contribution in [0.1, 0.15) is 18.1 Å². The van der Waals surface area contributed by atoms with Gasteiger partial charge in [0.2, 0.25) is 0 Å². The molecule has 0 radical (unpaired) electrons. The van der Waals surface area contributed by atoms with Crippen molar-refractivity contribution < 1.29 is 4.74 Å². The maximum Gasteiger partial charge on any atom is 0.138 e. The van der Waals surface area contributed by atoms with E-state index in [1.54, 1.807) is 0 Å². The first-order chi connectivity index (χ1) is 9.56. The zero-order valence-electron chi connectivity index (χ0n) is 12.1. The van der Waals surface area contributed by atoms with Crippen LogP contribution in [-0.4, -0.2) is 12.6 Å². The molecule has 0 amide bonds. The number of halogens is 1. The largest absolute Gasteiger partial charge is 0.487 e. The summed E-state index contributed by atoms with van der Waals surface area (Å²) in [5.74, 6) is 0.726. The van der Waals surface area contributed by atoms with E-state index in [2.05, 4.69) is 37.4 Å². The summed E-state index contributed by atoms with van der Waals surface area (Å²) < 4.78 is 5.84. The fraction of sp³-hybridized carbons (Fsp3) is 0.294. The van der Waals surface area contributed by atoms with E-state index >= 15 is 0 Å². The number of hydrogen-bond acceptors (Lipinski definition) is 2. The van der Waals surface area contributed by atoms with Crippen molar-refractivity contribution in [2.45, 2.75) is 26.9 Å². The second-order valence-electron chi connectivity index (χ2n) is 5.06. The third-order valence-corrected chi connectivity index (χ3v) is 3.44. The van der Waals surface area contributed by atoms with Crippen LogP contribution in [0.25, 0.3) is 0 Å². The highest BCUT2D eigenvalue weighted by atomic mass is 35.5. The van der Waals surface area contributed by atoms with Crippen molar-refractivity contribution >= 4 is 17.3 Å². The van der Waals surface area contributed by atoms with Gasteiger partial charge in [-0.1, -0.05) is 41.4 Å². The van der Waals surface area contributed by atoms with Gasteiger partial charge in [-0.25, -0.2) is 0 Å². The summed E-state index contributed by atoms with van der Waals surface area (Å²) in [6.45, 7) is 6.96. The van der Waals surface area contributed by atoms with Gasteiger partial charge in [-0.2, -0.15) is 0 Å². The molecular weight excluding hydrogens is 270 g/mol. The van der Waals surface area contributed by atoms with E-state index in [4.69, 9.17) is 16.3 Å². The van der Waals surface area contributed by atoms with Gasteiger partial charge < -0.3 is 10.1 Å². The second kappa shape index (κ2) is 6.67. The quantitative estimate of drug-likeness (QED) is 0.851. The van der Waals surface area contributed by atoms with Crippen LogP contribution < -0.4 is 10.1 Å². The van der Waals surface area contributed by atoms with Crippen molar-refractivity contribution in [3.63, 3.8) is 0 Å².